The molecule has 24 heavy (non-hydrogen) atoms. The number of rotatable bonds is 7. The molecular formula is C18H28N4O2. The van der Waals surface area contributed by atoms with Gasteiger partial charge in [-0.3, -0.25) is 10.00 Å². The Morgan fingerprint density at radius 3 is 2.79 bits per heavy atom. The van der Waals surface area contributed by atoms with Gasteiger partial charge in [0.05, 0.1) is 18.4 Å². The molecule has 2 atom stereocenters. The largest absolute Gasteiger partial charge is 0.460 e. The molecule has 3 rings (SSSR count). The molecule has 0 radical (unpaired) electrons. The minimum Gasteiger partial charge on any atom is -0.460 e. The summed E-state index contributed by atoms with van der Waals surface area (Å²) in [6.07, 6.45) is 3.68. The summed E-state index contributed by atoms with van der Waals surface area (Å²) in [5.41, 5.74) is 2.10. The molecule has 0 saturated carbocycles. The summed E-state index contributed by atoms with van der Waals surface area (Å²) in [6.45, 7) is 11.2. The maximum absolute atomic E-state index is 5.77. The smallest absolute Gasteiger partial charge is 0.152 e. The number of ether oxygens (including phenoxy) is 1. The van der Waals surface area contributed by atoms with Crippen molar-refractivity contribution in [3.63, 3.8) is 0 Å². The first-order valence-corrected chi connectivity index (χ1v) is 8.79. The zero-order valence-electron chi connectivity index (χ0n) is 14.8. The lowest BCUT2D eigenvalue weighted by molar-refractivity contribution is -0.0680. The number of H-pyrrole nitrogens is 1. The van der Waals surface area contributed by atoms with E-state index in [0.29, 0.717) is 12.2 Å². The lowest BCUT2D eigenvalue weighted by Crippen LogP contribution is -2.46. The van der Waals surface area contributed by atoms with E-state index < -0.39 is 0 Å². The second-order valence-corrected chi connectivity index (χ2v) is 6.73. The fourth-order valence-electron chi connectivity index (χ4n) is 3.35. The normalized spacial score (nSPS) is 22.1. The van der Waals surface area contributed by atoms with Crippen molar-refractivity contribution in [2.45, 2.75) is 45.9 Å². The first-order chi connectivity index (χ1) is 11.6. The zero-order chi connectivity index (χ0) is 16.9. The van der Waals surface area contributed by atoms with E-state index in [4.69, 9.17) is 9.15 Å². The van der Waals surface area contributed by atoms with Crippen molar-refractivity contribution < 1.29 is 9.15 Å². The number of hydrogen-bond acceptors (Lipinski definition) is 5. The van der Waals surface area contributed by atoms with Crippen LogP contribution in [0.25, 0.3) is 11.5 Å². The third-order valence-electron chi connectivity index (χ3n) is 4.34. The van der Waals surface area contributed by atoms with Gasteiger partial charge in [0.15, 0.2) is 5.76 Å². The number of nitrogens with zero attached hydrogens (tertiary/aromatic N) is 2. The van der Waals surface area contributed by atoms with Gasteiger partial charge in [-0.15, -0.1) is 0 Å². The Morgan fingerprint density at radius 2 is 2.08 bits per heavy atom. The molecule has 0 aliphatic carbocycles. The molecule has 3 heterocycles. The summed E-state index contributed by atoms with van der Waals surface area (Å²) in [6, 6.07) is 3.95. The summed E-state index contributed by atoms with van der Waals surface area (Å²) in [5.74, 6) is 1.76. The van der Waals surface area contributed by atoms with Gasteiger partial charge in [0.1, 0.15) is 11.5 Å². The highest BCUT2D eigenvalue weighted by atomic mass is 16.5. The molecule has 2 aromatic rings. The average molecular weight is 332 g/mol. The molecule has 0 aromatic carbocycles. The Labute approximate surface area is 143 Å². The fourth-order valence-corrected chi connectivity index (χ4v) is 3.35. The highest BCUT2D eigenvalue weighted by Crippen LogP contribution is 2.23. The maximum Gasteiger partial charge on any atom is 0.152 e. The summed E-state index contributed by atoms with van der Waals surface area (Å²) < 4.78 is 11.5. The quantitative estimate of drug-likeness (QED) is 0.763. The lowest BCUT2D eigenvalue weighted by Gasteiger charge is -2.35. The van der Waals surface area contributed by atoms with Crippen LogP contribution in [0.15, 0.2) is 22.7 Å². The third kappa shape index (κ3) is 4.47. The lowest BCUT2D eigenvalue weighted by atomic mass is 10.2. The van der Waals surface area contributed by atoms with Gasteiger partial charge in [-0.25, -0.2) is 0 Å². The predicted octanol–water partition coefficient (Wildman–Crippen LogP) is 2.57. The van der Waals surface area contributed by atoms with Crippen LogP contribution in [-0.2, 0) is 11.3 Å². The Morgan fingerprint density at radius 1 is 1.29 bits per heavy atom. The van der Waals surface area contributed by atoms with Crippen LogP contribution in [0.4, 0.5) is 0 Å². The van der Waals surface area contributed by atoms with Crippen molar-refractivity contribution in [1.29, 1.82) is 0 Å². The number of hydrogen-bond donors (Lipinski definition) is 2. The van der Waals surface area contributed by atoms with Gasteiger partial charge in [-0.1, -0.05) is 0 Å². The molecule has 1 fully saturated rings. The minimum absolute atomic E-state index is 0.340. The Bertz CT molecular complexity index is 627. The van der Waals surface area contributed by atoms with Gasteiger partial charge < -0.3 is 14.5 Å². The number of aromatic nitrogens is 2. The van der Waals surface area contributed by atoms with Crippen molar-refractivity contribution in [2.75, 3.05) is 26.2 Å². The van der Waals surface area contributed by atoms with Gasteiger partial charge in [-0.05, 0) is 52.4 Å². The minimum atomic E-state index is 0.340. The molecule has 0 bridgehead atoms. The second kappa shape index (κ2) is 7.96. The van der Waals surface area contributed by atoms with E-state index in [1.807, 2.05) is 25.3 Å². The summed E-state index contributed by atoms with van der Waals surface area (Å²) in [4.78, 5) is 2.50. The van der Waals surface area contributed by atoms with E-state index in [9.17, 15) is 0 Å². The van der Waals surface area contributed by atoms with Crippen LogP contribution >= 0.6 is 0 Å². The van der Waals surface area contributed by atoms with E-state index in [-0.39, 0.29) is 0 Å². The van der Waals surface area contributed by atoms with Crippen LogP contribution in [0.1, 0.15) is 31.6 Å². The summed E-state index contributed by atoms with van der Waals surface area (Å²) in [7, 11) is 0. The van der Waals surface area contributed by atoms with Gasteiger partial charge in [-0.2, -0.15) is 5.10 Å². The number of furan rings is 1. The van der Waals surface area contributed by atoms with Crippen molar-refractivity contribution in [3.8, 4) is 11.5 Å². The molecule has 0 spiro atoms. The van der Waals surface area contributed by atoms with E-state index in [1.54, 1.807) is 0 Å². The maximum atomic E-state index is 5.77. The number of nitrogens with one attached hydrogen (secondary N) is 2. The van der Waals surface area contributed by atoms with E-state index in [0.717, 1.165) is 61.9 Å². The molecule has 0 amide bonds. The third-order valence-corrected chi connectivity index (χ3v) is 4.34. The summed E-state index contributed by atoms with van der Waals surface area (Å²) in [5, 5.41) is 10.7. The highest BCUT2D eigenvalue weighted by Gasteiger charge is 2.21. The predicted molar refractivity (Wildman–Crippen MR) is 93.8 cm³/mol. The van der Waals surface area contributed by atoms with E-state index >= 15 is 0 Å². The number of aryl methyl sites for hydroxylation is 1. The average Bonchev–Trinajstić information content (AvgIpc) is 3.14. The topological polar surface area (TPSA) is 66.3 Å². The molecule has 1 saturated heterocycles. The Hall–Kier alpha value is -1.63. The first kappa shape index (κ1) is 17.2. The molecule has 2 N–H and O–H groups in total. The molecule has 1 aliphatic heterocycles. The number of aromatic amines is 1. The van der Waals surface area contributed by atoms with Gasteiger partial charge in [0.25, 0.3) is 0 Å². The fraction of sp³-hybridized carbons (Fsp3) is 0.611. The van der Waals surface area contributed by atoms with E-state index in [2.05, 4.69) is 34.3 Å². The van der Waals surface area contributed by atoms with Crippen molar-refractivity contribution >= 4 is 0 Å². The van der Waals surface area contributed by atoms with Gasteiger partial charge in [0, 0.05) is 25.2 Å². The molecule has 132 valence electrons. The standard InChI is InChI=1S/C18H28N4O2/c1-13-5-6-17(24-13)18-16(10-20-21-18)9-19-7-4-8-22-11-14(2)23-15(3)12-22/h5-6,10,14-15,19H,4,7-9,11-12H2,1-3H3,(H,20,21). The van der Waals surface area contributed by atoms with Crippen LogP contribution in [-0.4, -0.2) is 53.5 Å². The van der Waals surface area contributed by atoms with Crippen molar-refractivity contribution in [2.24, 2.45) is 0 Å². The van der Waals surface area contributed by atoms with Gasteiger partial charge >= 0.3 is 0 Å². The SMILES string of the molecule is Cc1ccc(-c2[nH]ncc2CNCCCN2CC(C)OC(C)C2)o1. The van der Waals surface area contributed by atoms with Crippen LogP contribution in [0.2, 0.25) is 0 Å². The second-order valence-electron chi connectivity index (χ2n) is 6.73. The summed E-state index contributed by atoms with van der Waals surface area (Å²) >= 11 is 0. The van der Waals surface area contributed by atoms with Gasteiger partial charge in [0.2, 0.25) is 0 Å². The van der Waals surface area contributed by atoms with Crippen molar-refractivity contribution in [1.82, 2.24) is 20.4 Å². The van der Waals surface area contributed by atoms with Crippen molar-refractivity contribution in [3.05, 3.63) is 29.7 Å². The molecule has 6 nitrogen and oxygen atoms in total. The molecule has 2 aromatic heterocycles. The van der Waals surface area contributed by atoms with Crippen LogP contribution in [0.5, 0.6) is 0 Å². The Balaban J connectivity index is 1.41. The van der Waals surface area contributed by atoms with Crippen LogP contribution in [0, 0.1) is 6.92 Å². The first-order valence-electron chi connectivity index (χ1n) is 8.79. The van der Waals surface area contributed by atoms with Crippen LogP contribution in [0.3, 0.4) is 0 Å². The zero-order valence-corrected chi connectivity index (χ0v) is 14.8. The molecule has 2 unspecified atom stereocenters. The van der Waals surface area contributed by atoms with Crippen LogP contribution < -0.4 is 5.32 Å². The Kier molecular flexibility index (Phi) is 5.71. The molecule has 6 heteroatoms. The number of morpholine rings is 1. The van der Waals surface area contributed by atoms with E-state index in [1.165, 1.54) is 0 Å². The molecular weight excluding hydrogens is 304 g/mol. The highest BCUT2D eigenvalue weighted by molar-refractivity contribution is 5.56. The molecule has 1 aliphatic rings. The monoisotopic (exact) mass is 332 g/mol.